The van der Waals surface area contributed by atoms with Gasteiger partial charge in [-0.15, -0.1) is 0 Å². The summed E-state index contributed by atoms with van der Waals surface area (Å²) in [5.74, 6) is 0.652. The molecule has 0 saturated heterocycles. The largest absolute Gasteiger partial charge is 0.495 e. The number of nitrogens with one attached hydrogen (secondary N) is 1. The van der Waals surface area contributed by atoms with E-state index in [0.717, 1.165) is 21.2 Å². The van der Waals surface area contributed by atoms with Crippen LogP contribution in [-0.2, 0) is 14.8 Å². The van der Waals surface area contributed by atoms with E-state index in [1.807, 2.05) is 32.0 Å². The minimum atomic E-state index is -4.00. The van der Waals surface area contributed by atoms with Gasteiger partial charge in [-0.3, -0.25) is 9.10 Å². The zero-order valence-corrected chi connectivity index (χ0v) is 19.8. The first-order valence-electron chi connectivity index (χ1n) is 10.5. The maximum atomic E-state index is 13.4. The summed E-state index contributed by atoms with van der Waals surface area (Å²) >= 11 is 0. The zero-order valence-electron chi connectivity index (χ0n) is 18.9. The second-order valence-electron chi connectivity index (χ2n) is 7.39. The van der Waals surface area contributed by atoms with Crippen molar-refractivity contribution >= 4 is 21.6 Å². The van der Waals surface area contributed by atoms with Gasteiger partial charge in [0.25, 0.3) is 10.0 Å². The number of sulfonamides is 1. The Hall–Kier alpha value is -3.52. The van der Waals surface area contributed by atoms with Gasteiger partial charge in [0.05, 0.1) is 24.2 Å². The molecule has 3 rings (SSSR count). The normalized spacial score (nSPS) is 11.0. The molecule has 0 aliphatic heterocycles. The highest BCUT2D eigenvalue weighted by Crippen LogP contribution is 2.32. The molecular formula is C25H28N2O5S. The van der Waals surface area contributed by atoms with Crippen LogP contribution >= 0.6 is 0 Å². The fourth-order valence-electron chi connectivity index (χ4n) is 3.27. The second-order valence-corrected chi connectivity index (χ2v) is 9.26. The fraction of sp³-hybridized carbons (Fsp3) is 0.240. The van der Waals surface area contributed by atoms with E-state index in [9.17, 15) is 13.2 Å². The van der Waals surface area contributed by atoms with Gasteiger partial charge in [0, 0.05) is 0 Å². The Morgan fingerprint density at radius 1 is 0.909 bits per heavy atom. The standard InChI is InChI=1S/C25H28N2O5S/c1-19-10-9-15-23(20(19)2)32-17-16-26-25(28)18-27(22-13-7-8-14-24(22)31-3)33(29,30)21-11-5-4-6-12-21/h4-15H,16-18H2,1-3H3,(H,26,28). The number of ether oxygens (including phenoxy) is 2. The average Bonchev–Trinajstić information content (AvgIpc) is 2.83. The van der Waals surface area contributed by atoms with Gasteiger partial charge in [-0.25, -0.2) is 8.42 Å². The topological polar surface area (TPSA) is 84.9 Å². The number of methoxy groups -OCH3 is 1. The monoisotopic (exact) mass is 468 g/mol. The van der Waals surface area contributed by atoms with Crippen molar-refractivity contribution in [2.75, 3.05) is 31.1 Å². The Bertz CT molecular complexity index is 1200. The van der Waals surface area contributed by atoms with Gasteiger partial charge in [0.1, 0.15) is 24.7 Å². The molecule has 0 saturated carbocycles. The van der Waals surface area contributed by atoms with E-state index in [1.165, 1.54) is 19.2 Å². The molecule has 0 atom stereocenters. The van der Waals surface area contributed by atoms with Crippen LogP contribution in [0.5, 0.6) is 11.5 Å². The van der Waals surface area contributed by atoms with Crippen LogP contribution in [0.15, 0.2) is 77.7 Å². The van der Waals surface area contributed by atoms with Crippen molar-refractivity contribution in [1.29, 1.82) is 0 Å². The van der Waals surface area contributed by atoms with Gasteiger partial charge in [-0.2, -0.15) is 0 Å². The molecule has 0 heterocycles. The lowest BCUT2D eigenvalue weighted by molar-refractivity contribution is -0.119. The number of para-hydroxylation sites is 2. The molecule has 0 radical (unpaired) electrons. The van der Waals surface area contributed by atoms with Crippen LogP contribution in [0.4, 0.5) is 5.69 Å². The number of carbonyl (C=O) groups excluding carboxylic acids is 1. The molecule has 0 spiro atoms. The van der Waals surface area contributed by atoms with Crippen molar-refractivity contribution in [3.8, 4) is 11.5 Å². The van der Waals surface area contributed by atoms with Crippen molar-refractivity contribution < 1.29 is 22.7 Å². The van der Waals surface area contributed by atoms with E-state index in [-0.39, 0.29) is 23.7 Å². The third-order valence-electron chi connectivity index (χ3n) is 5.21. The minimum absolute atomic E-state index is 0.0852. The maximum Gasteiger partial charge on any atom is 0.264 e. The Kier molecular flexibility index (Phi) is 7.95. The summed E-state index contributed by atoms with van der Waals surface area (Å²) in [6, 6.07) is 20.5. The molecule has 3 aromatic carbocycles. The summed E-state index contributed by atoms with van der Waals surface area (Å²) in [4.78, 5) is 12.8. The Morgan fingerprint density at radius 3 is 2.30 bits per heavy atom. The number of amides is 1. The molecule has 3 aromatic rings. The van der Waals surface area contributed by atoms with Gasteiger partial charge < -0.3 is 14.8 Å². The lowest BCUT2D eigenvalue weighted by atomic mass is 10.1. The Morgan fingerprint density at radius 2 is 1.58 bits per heavy atom. The maximum absolute atomic E-state index is 13.4. The molecule has 33 heavy (non-hydrogen) atoms. The molecule has 0 bridgehead atoms. The average molecular weight is 469 g/mol. The van der Waals surface area contributed by atoms with E-state index >= 15 is 0 Å². The molecule has 0 fully saturated rings. The number of hydrogen-bond donors (Lipinski definition) is 1. The predicted molar refractivity (Wildman–Crippen MR) is 128 cm³/mol. The van der Waals surface area contributed by atoms with E-state index in [0.29, 0.717) is 5.75 Å². The van der Waals surface area contributed by atoms with E-state index in [1.54, 1.807) is 42.5 Å². The Labute approximate surface area is 195 Å². The first kappa shape index (κ1) is 24.1. The van der Waals surface area contributed by atoms with Crippen LogP contribution in [-0.4, -0.2) is 41.1 Å². The minimum Gasteiger partial charge on any atom is -0.495 e. The van der Waals surface area contributed by atoms with Crippen molar-refractivity contribution in [3.63, 3.8) is 0 Å². The van der Waals surface area contributed by atoms with Crippen molar-refractivity contribution in [2.45, 2.75) is 18.7 Å². The summed E-state index contributed by atoms with van der Waals surface area (Å²) in [7, 11) is -2.55. The van der Waals surface area contributed by atoms with E-state index in [2.05, 4.69) is 5.32 Å². The summed E-state index contributed by atoms with van der Waals surface area (Å²) < 4.78 is 38.9. The second kappa shape index (κ2) is 10.9. The molecule has 0 aromatic heterocycles. The molecule has 7 nitrogen and oxygen atoms in total. The molecule has 0 unspecified atom stereocenters. The highest BCUT2D eigenvalue weighted by molar-refractivity contribution is 7.92. The van der Waals surface area contributed by atoms with Crippen LogP contribution in [0.3, 0.4) is 0 Å². The first-order chi connectivity index (χ1) is 15.8. The lowest BCUT2D eigenvalue weighted by Gasteiger charge is -2.25. The summed E-state index contributed by atoms with van der Waals surface area (Å²) in [6.07, 6.45) is 0. The third kappa shape index (κ3) is 5.84. The number of hydrogen-bond acceptors (Lipinski definition) is 5. The third-order valence-corrected chi connectivity index (χ3v) is 6.98. The SMILES string of the molecule is COc1ccccc1N(CC(=O)NCCOc1cccc(C)c1C)S(=O)(=O)c1ccccc1. The quantitative estimate of drug-likeness (QED) is 0.459. The van der Waals surface area contributed by atoms with Crippen LogP contribution in [0.1, 0.15) is 11.1 Å². The highest BCUT2D eigenvalue weighted by Gasteiger charge is 2.29. The van der Waals surface area contributed by atoms with Gasteiger partial charge in [-0.05, 0) is 55.3 Å². The van der Waals surface area contributed by atoms with Gasteiger partial charge >= 0.3 is 0 Å². The summed E-state index contributed by atoms with van der Waals surface area (Å²) in [5, 5.41) is 2.74. The molecule has 8 heteroatoms. The van der Waals surface area contributed by atoms with E-state index < -0.39 is 22.5 Å². The molecule has 0 aliphatic rings. The highest BCUT2D eigenvalue weighted by atomic mass is 32.2. The number of nitrogens with zero attached hydrogens (tertiary/aromatic N) is 1. The van der Waals surface area contributed by atoms with Crippen molar-refractivity contribution in [2.24, 2.45) is 0 Å². The number of anilines is 1. The fourth-order valence-corrected chi connectivity index (χ4v) is 4.73. The number of aryl methyl sites for hydroxylation is 1. The number of benzene rings is 3. The number of carbonyl (C=O) groups is 1. The van der Waals surface area contributed by atoms with Gasteiger partial charge in [0.15, 0.2) is 0 Å². The summed E-state index contributed by atoms with van der Waals surface area (Å²) in [6.45, 7) is 4.07. The van der Waals surface area contributed by atoms with E-state index in [4.69, 9.17) is 9.47 Å². The predicted octanol–water partition coefficient (Wildman–Crippen LogP) is 3.70. The Balaban J connectivity index is 1.73. The molecule has 1 amide bonds. The number of rotatable bonds is 10. The lowest BCUT2D eigenvalue weighted by Crippen LogP contribution is -2.42. The molecule has 0 aliphatic carbocycles. The van der Waals surface area contributed by atoms with Crippen LogP contribution < -0.4 is 19.1 Å². The summed E-state index contributed by atoms with van der Waals surface area (Å²) in [5.41, 5.74) is 2.45. The van der Waals surface area contributed by atoms with Gasteiger partial charge in [-0.1, -0.05) is 42.5 Å². The van der Waals surface area contributed by atoms with Crippen LogP contribution in [0, 0.1) is 13.8 Å². The van der Waals surface area contributed by atoms with Crippen molar-refractivity contribution in [3.05, 3.63) is 83.9 Å². The first-order valence-corrected chi connectivity index (χ1v) is 11.9. The van der Waals surface area contributed by atoms with Crippen LogP contribution in [0.25, 0.3) is 0 Å². The molecule has 174 valence electrons. The van der Waals surface area contributed by atoms with Crippen molar-refractivity contribution in [1.82, 2.24) is 5.32 Å². The molecular weight excluding hydrogens is 440 g/mol. The zero-order chi connectivity index (χ0) is 23.8. The van der Waals surface area contributed by atoms with Crippen LogP contribution in [0.2, 0.25) is 0 Å². The smallest absolute Gasteiger partial charge is 0.264 e. The van der Waals surface area contributed by atoms with Gasteiger partial charge in [0.2, 0.25) is 5.91 Å². The molecule has 1 N–H and O–H groups in total.